The van der Waals surface area contributed by atoms with Crippen LogP contribution in [0.4, 0.5) is 5.69 Å². The van der Waals surface area contributed by atoms with E-state index in [0.29, 0.717) is 0 Å². The average Bonchev–Trinajstić information content (AvgIpc) is 2.14. The highest BCUT2D eigenvalue weighted by atomic mass is 79.9. The largest absolute Gasteiger partial charge is 0.424 e. The van der Waals surface area contributed by atoms with Gasteiger partial charge >= 0.3 is 0 Å². The summed E-state index contributed by atoms with van der Waals surface area (Å²) in [4.78, 5) is 0. The molecule has 1 aromatic rings. The molecular formula is C15H30BrNSi3. The van der Waals surface area contributed by atoms with Gasteiger partial charge in [0, 0.05) is 10.2 Å². The Labute approximate surface area is 137 Å². The molecule has 0 bridgehead atoms. The van der Waals surface area contributed by atoms with E-state index in [1.54, 1.807) is 5.19 Å². The van der Waals surface area contributed by atoms with E-state index in [2.05, 4.69) is 97.3 Å². The van der Waals surface area contributed by atoms with Gasteiger partial charge in [0.05, 0.1) is 8.07 Å². The Morgan fingerprint density at radius 1 is 0.800 bits per heavy atom. The Morgan fingerprint density at radius 3 is 1.60 bits per heavy atom. The maximum absolute atomic E-state index is 3.85. The molecule has 0 N–H and O–H groups in total. The molecule has 0 aliphatic heterocycles. The fourth-order valence-electron chi connectivity index (χ4n) is 3.02. The van der Waals surface area contributed by atoms with Crippen LogP contribution in [0.1, 0.15) is 0 Å². The normalized spacial score (nSPS) is 13.5. The van der Waals surface area contributed by atoms with Gasteiger partial charge < -0.3 is 4.23 Å². The summed E-state index contributed by atoms with van der Waals surface area (Å²) in [7, 11) is -4.19. The standard InChI is InChI=1S/C15H30BrNSi3/c1-18(2,3)14-12-10-11-13(16)15(14)17(19(4,5)6)20(7,8)9/h10-12H,1-9H3. The van der Waals surface area contributed by atoms with Crippen LogP contribution < -0.4 is 9.42 Å². The number of hydrogen-bond acceptors (Lipinski definition) is 1. The van der Waals surface area contributed by atoms with E-state index < -0.39 is 24.5 Å². The van der Waals surface area contributed by atoms with Crippen LogP contribution in [0.15, 0.2) is 22.7 Å². The van der Waals surface area contributed by atoms with Gasteiger partial charge in [-0.2, -0.15) is 0 Å². The smallest absolute Gasteiger partial charge is 0.138 e. The predicted molar refractivity (Wildman–Crippen MR) is 106 cm³/mol. The first-order valence-electron chi connectivity index (χ1n) is 7.35. The van der Waals surface area contributed by atoms with Gasteiger partial charge in [-0.3, -0.25) is 0 Å². The lowest BCUT2D eigenvalue weighted by Gasteiger charge is -2.48. The molecular weight excluding hydrogens is 358 g/mol. The van der Waals surface area contributed by atoms with Crippen molar-refractivity contribution in [2.75, 3.05) is 4.23 Å². The lowest BCUT2D eigenvalue weighted by Crippen LogP contribution is -2.62. The van der Waals surface area contributed by atoms with Crippen LogP contribution in [0.2, 0.25) is 58.9 Å². The predicted octanol–water partition coefficient (Wildman–Crippen LogP) is 5.47. The lowest BCUT2D eigenvalue weighted by molar-refractivity contribution is 1.35. The first-order chi connectivity index (χ1) is 8.76. The molecule has 0 aromatic heterocycles. The topological polar surface area (TPSA) is 3.24 Å². The summed E-state index contributed by atoms with van der Waals surface area (Å²) in [5.41, 5.74) is 1.50. The third-order valence-corrected chi connectivity index (χ3v) is 13.2. The van der Waals surface area contributed by atoms with E-state index in [1.165, 1.54) is 10.2 Å². The molecule has 0 saturated carbocycles. The van der Waals surface area contributed by atoms with E-state index in [-0.39, 0.29) is 0 Å². The molecule has 20 heavy (non-hydrogen) atoms. The molecule has 0 unspecified atom stereocenters. The Hall–Kier alpha value is 0.151. The molecule has 0 spiro atoms. The SMILES string of the molecule is C[Si](C)(C)c1cccc(Br)c1N([Si](C)(C)C)[Si](C)(C)C. The maximum atomic E-state index is 3.85. The molecule has 1 nitrogen and oxygen atoms in total. The van der Waals surface area contributed by atoms with Crippen molar-refractivity contribution in [2.45, 2.75) is 58.9 Å². The van der Waals surface area contributed by atoms with Crippen molar-refractivity contribution in [2.24, 2.45) is 0 Å². The van der Waals surface area contributed by atoms with Crippen LogP contribution in [0.3, 0.4) is 0 Å². The first kappa shape index (κ1) is 18.2. The van der Waals surface area contributed by atoms with Crippen molar-refractivity contribution in [3.8, 4) is 0 Å². The highest BCUT2D eigenvalue weighted by molar-refractivity contribution is 9.10. The quantitative estimate of drug-likeness (QED) is 0.618. The summed E-state index contributed by atoms with van der Waals surface area (Å²) in [6.45, 7) is 22.2. The molecule has 0 fully saturated rings. The van der Waals surface area contributed by atoms with Crippen molar-refractivity contribution in [3.05, 3.63) is 22.7 Å². The molecule has 114 valence electrons. The van der Waals surface area contributed by atoms with E-state index in [1.807, 2.05) is 0 Å². The summed E-state index contributed by atoms with van der Waals surface area (Å²) < 4.78 is 4.12. The zero-order valence-electron chi connectivity index (χ0n) is 14.6. The fourth-order valence-corrected chi connectivity index (χ4v) is 15.7. The zero-order chi connectivity index (χ0) is 15.9. The van der Waals surface area contributed by atoms with Gasteiger partial charge in [-0.15, -0.1) is 0 Å². The van der Waals surface area contributed by atoms with Crippen LogP contribution in [-0.4, -0.2) is 24.5 Å². The highest BCUT2D eigenvalue weighted by Gasteiger charge is 2.38. The summed E-state index contributed by atoms with van der Waals surface area (Å²) in [6.07, 6.45) is 0. The monoisotopic (exact) mass is 387 g/mol. The van der Waals surface area contributed by atoms with Gasteiger partial charge in [0.25, 0.3) is 0 Å². The summed E-state index contributed by atoms with van der Waals surface area (Å²) in [5, 5.41) is 1.59. The number of rotatable bonds is 4. The number of benzene rings is 1. The van der Waals surface area contributed by atoms with Crippen molar-refractivity contribution in [1.82, 2.24) is 0 Å². The summed E-state index contributed by atoms with van der Waals surface area (Å²) >= 11 is 3.85. The van der Waals surface area contributed by atoms with Gasteiger partial charge in [0.15, 0.2) is 0 Å². The van der Waals surface area contributed by atoms with Crippen LogP contribution in [0, 0.1) is 0 Å². The van der Waals surface area contributed by atoms with E-state index in [0.717, 1.165) is 0 Å². The molecule has 1 aromatic carbocycles. The van der Waals surface area contributed by atoms with Gasteiger partial charge in [-0.1, -0.05) is 71.1 Å². The molecule has 0 radical (unpaired) electrons. The Balaban J connectivity index is 3.66. The fraction of sp³-hybridized carbons (Fsp3) is 0.600. The second kappa shape index (κ2) is 5.74. The molecule has 0 aliphatic carbocycles. The number of nitrogens with zero attached hydrogens (tertiary/aromatic N) is 1. The average molecular weight is 389 g/mol. The summed E-state index contributed by atoms with van der Waals surface area (Å²) in [6, 6.07) is 6.78. The molecule has 0 heterocycles. The van der Waals surface area contributed by atoms with E-state index in [4.69, 9.17) is 0 Å². The van der Waals surface area contributed by atoms with Crippen molar-refractivity contribution < 1.29 is 0 Å². The number of halogens is 1. The van der Waals surface area contributed by atoms with Gasteiger partial charge in [-0.25, -0.2) is 0 Å². The van der Waals surface area contributed by atoms with Crippen LogP contribution >= 0.6 is 15.9 Å². The molecule has 0 aliphatic rings. The second-order valence-corrected chi connectivity index (χ2v) is 24.5. The molecule has 1 rings (SSSR count). The van der Waals surface area contributed by atoms with Crippen LogP contribution in [0.5, 0.6) is 0 Å². The van der Waals surface area contributed by atoms with Crippen LogP contribution in [0.25, 0.3) is 0 Å². The van der Waals surface area contributed by atoms with Crippen molar-refractivity contribution >= 4 is 51.3 Å². The van der Waals surface area contributed by atoms with Gasteiger partial charge in [0.2, 0.25) is 0 Å². The summed E-state index contributed by atoms with van der Waals surface area (Å²) in [5.74, 6) is 0. The van der Waals surface area contributed by atoms with Crippen molar-refractivity contribution in [1.29, 1.82) is 0 Å². The molecule has 0 atom stereocenters. The zero-order valence-corrected chi connectivity index (χ0v) is 19.1. The van der Waals surface area contributed by atoms with E-state index >= 15 is 0 Å². The molecule has 0 saturated heterocycles. The third-order valence-electron chi connectivity index (χ3n) is 3.36. The van der Waals surface area contributed by atoms with Gasteiger partial charge in [-0.05, 0) is 27.2 Å². The lowest BCUT2D eigenvalue weighted by atomic mass is 10.3. The molecule has 0 amide bonds. The minimum absolute atomic E-state index is 1.28. The minimum atomic E-state index is -1.42. The second-order valence-electron chi connectivity index (χ2n) is 8.56. The Kier molecular flexibility index (Phi) is 5.22. The maximum Gasteiger partial charge on any atom is 0.138 e. The highest BCUT2D eigenvalue weighted by Crippen LogP contribution is 2.34. The minimum Gasteiger partial charge on any atom is -0.424 e. The number of hydrogen-bond donors (Lipinski definition) is 0. The Morgan fingerprint density at radius 2 is 1.25 bits per heavy atom. The molecule has 5 heteroatoms. The van der Waals surface area contributed by atoms with Gasteiger partial charge in [0.1, 0.15) is 16.5 Å². The van der Waals surface area contributed by atoms with E-state index in [9.17, 15) is 0 Å². The number of anilines is 1. The first-order valence-corrected chi connectivity index (χ1v) is 18.5. The van der Waals surface area contributed by atoms with Crippen molar-refractivity contribution in [3.63, 3.8) is 0 Å². The third kappa shape index (κ3) is 4.09. The Bertz CT molecular complexity index is 467. The van der Waals surface area contributed by atoms with Crippen LogP contribution in [-0.2, 0) is 0 Å². The number of para-hydroxylation sites is 1.